The molecule has 0 aliphatic carbocycles. The summed E-state index contributed by atoms with van der Waals surface area (Å²) in [6.45, 7) is 1.46. The first kappa shape index (κ1) is 15.7. The van der Waals surface area contributed by atoms with Gasteiger partial charge in [0.2, 0.25) is 0 Å². The molecule has 1 amide bonds. The number of halogens is 1. The summed E-state index contributed by atoms with van der Waals surface area (Å²) in [4.78, 5) is 18.7. The van der Waals surface area contributed by atoms with E-state index in [9.17, 15) is 9.90 Å². The Kier molecular flexibility index (Phi) is 3.93. The lowest BCUT2D eigenvalue weighted by Crippen LogP contribution is -2.37. The van der Waals surface area contributed by atoms with Crippen LogP contribution in [-0.4, -0.2) is 44.7 Å². The quantitative estimate of drug-likeness (QED) is 0.750. The summed E-state index contributed by atoms with van der Waals surface area (Å²) in [7, 11) is 0. The minimum Gasteiger partial charge on any atom is -0.506 e. The molecule has 0 saturated carbocycles. The predicted molar refractivity (Wildman–Crippen MR) is 94.2 cm³/mol. The lowest BCUT2D eigenvalue weighted by atomic mass is 10.1. The Labute approximate surface area is 148 Å². The second kappa shape index (κ2) is 6.25. The van der Waals surface area contributed by atoms with Gasteiger partial charge < -0.3 is 15.3 Å². The van der Waals surface area contributed by atoms with E-state index in [2.05, 4.69) is 20.3 Å². The number of nitrogens with zero attached hydrogens (tertiary/aromatic N) is 4. The minimum atomic E-state index is -0.286. The van der Waals surface area contributed by atoms with Crippen LogP contribution >= 0.6 is 11.6 Å². The van der Waals surface area contributed by atoms with Gasteiger partial charge in [-0.25, -0.2) is 9.50 Å². The van der Waals surface area contributed by atoms with E-state index in [1.54, 1.807) is 29.0 Å². The van der Waals surface area contributed by atoms with E-state index in [4.69, 9.17) is 11.6 Å². The van der Waals surface area contributed by atoms with Crippen molar-refractivity contribution in [3.8, 4) is 5.75 Å². The molecule has 0 unspecified atom stereocenters. The van der Waals surface area contributed by atoms with E-state index >= 15 is 0 Å². The number of benzene rings is 1. The molecule has 1 aliphatic heterocycles. The molecule has 2 aromatic heterocycles. The summed E-state index contributed by atoms with van der Waals surface area (Å²) in [6, 6.07) is 8.49. The zero-order chi connectivity index (χ0) is 17.4. The number of hydrogen-bond donors (Lipinski definition) is 2. The van der Waals surface area contributed by atoms with Gasteiger partial charge in [0.25, 0.3) is 5.91 Å². The summed E-state index contributed by atoms with van der Waals surface area (Å²) in [5, 5.41) is 17.2. The molecule has 3 aromatic rings. The zero-order valence-electron chi connectivity index (χ0n) is 13.3. The van der Waals surface area contributed by atoms with Crippen LogP contribution in [0.1, 0.15) is 16.8 Å². The highest BCUT2D eigenvalue weighted by molar-refractivity contribution is 6.35. The number of carbonyl (C=O) groups excluding carboxylic acids is 1. The third-order valence-electron chi connectivity index (χ3n) is 4.31. The van der Waals surface area contributed by atoms with Crippen LogP contribution < -0.4 is 10.2 Å². The first-order chi connectivity index (χ1) is 12.1. The van der Waals surface area contributed by atoms with Gasteiger partial charge in [-0.1, -0.05) is 17.7 Å². The summed E-state index contributed by atoms with van der Waals surface area (Å²) in [5.74, 6) is 0.462. The first-order valence-corrected chi connectivity index (χ1v) is 8.33. The Morgan fingerprint density at radius 1 is 1.32 bits per heavy atom. The number of amides is 1. The van der Waals surface area contributed by atoms with E-state index in [1.165, 1.54) is 6.07 Å². The summed E-state index contributed by atoms with van der Waals surface area (Å²) in [6.07, 6.45) is 4.32. The third-order valence-corrected chi connectivity index (χ3v) is 4.71. The maximum atomic E-state index is 12.4. The van der Waals surface area contributed by atoms with Gasteiger partial charge in [-0.2, -0.15) is 0 Å². The molecule has 25 heavy (non-hydrogen) atoms. The average Bonchev–Trinajstić information content (AvgIpc) is 3.25. The molecule has 7 nitrogen and oxygen atoms in total. The van der Waals surface area contributed by atoms with Crippen LogP contribution in [0.2, 0.25) is 5.02 Å². The molecule has 2 N–H and O–H groups in total. The van der Waals surface area contributed by atoms with E-state index in [0.717, 1.165) is 24.4 Å². The Morgan fingerprint density at radius 3 is 3.08 bits per heavy atom. The van der Waals surface area contributed by atoms with E-state index in [0.29, 0.717) is 6.54 Å². The van der Waals surface area contributed by atoms with Crippen LogP contribution in [0.3, 0.4) is 0 Å². The summed E-state index contributed by atoms with van der Waals surface area (Å²) in [5.41, 5.74) is 1.07. The highest BCUT2D eigenvalue weighted by Crippen LogP contribution is 2.27. The molecule has 1 fully saturated rings. The summed E-state index contributed by atoms with van der Waals surface area (Å²) >= 11 is 6.00. The third kappa shape index (κ3) is 2.98. The molecule has 0 bridgehead atoms. The van der Waals surface area contributed by atoms with Crippen LogP contribution in [0.15, 0.2) is 42.7 Å². The first-order valence-electron chi connectivity index (χ1n) is 7.95. The number of aromatic nitrogens is 3. The normalized spacial score (nSPS) is 17.2. The number of hydrogen-bond acceptors (Lipinski definition) is 5. The number of aromatic hydroxyl groups is 1. The second-order valence-corrected chi connectivity index (χ2v) is 6.34. The minimum absolute atomic E-state index is 0.00815. The number of nitrogens with one attached hydrogen (secondary N) is 1. The van der Waals surface area contributed by atoms with Gasteiger partial charge in [0.15, 0.2) is 5.65 Å². The van der Waals surface area contributed by atoms with Crippen molar-refractivity contribution in [1.29, 1.82) is 0 Å². The number of fused-ring (bicyclic) bond motifs is 1. The number of carbonyl (C=O) groups is 1. The Hall–Kier alpha value is -2.80. The average molecular weight is 358 g/mol. The van der Waals surface area contributed by atoms with Crippen LogP contribution in [-0.2, 0) is 0 Å². The lowest BCUT2D eigenvalue weighted by Gasteiger charge is -2.18. The van der Waals surface area contributed by atoms with Gasteiger partial charge >= 0.3 is 0 Å². The van der Waals surface area contributed by atoms with Crippen molar-refractivity contribution in [3.05, 3.63) is 53.3 Å². The van der Waals surface area contributed by atoms with E-state index in [-0.39, 0.29) is 28.3 Å². The molecule has 3 heterocycles. The number of phenolic OH excluding ortho intramolecular Hbond substituents is 1. The standard InChI is InChI=1S/C17H16ClN5O2/c18-16-12(2-1-3-13(16)24)17(25)20-11-6-8-22(10-11)15-5-4-14-19-7-9-23(14)21-15/h1-5,7,9,11,24H,6,8,10H2,(H,20,25)/t11-/m0/s1. The maximum absolute atomic E-state index is 12.4. The molecule has 0 spiro atoms. The largest absolute Gasteiger partial charge is 0.506 e. The van der Waals surface area contributed by atoms with Crippen LogP contribution in [0.25, 0.3) is 5.65 Å². The molecule has 8 heteroatoms. The molecule has 1 aromatic carbocycles. The molecular formula is C17H16ClN5O2. The molecular weight excluding hydrogens is 342 g/mol. The van der Waals surface area contributed by atoms with Crippen LogP contribution in [0, 0.1) is 0 Å². The zero-order valence-corrected chi connectivity index (χ0v) is 14.0. The fraction of sp³-hybridized carbons (Fsp3) is 0.235. The van der Waals surface area contributed by atoms with Gasteiger partial charge in [0, 0.05) is 31.5 Å². The number of imidazole rings is 1. The molecule has 1 atom stereocenters. The highest BCUT2D eigenvalue weighted by atomic mass is 35.5. The second-order valence-electron chi connectivity index (χ2n) is 5.97. The molecule has 128 valence electrons. The smallest absolute Gasteiger partial charge is 0.253 e. The number of anilines is 1. The van der Waals surface area contributed by atoms with Crippen LogP contribution in [0.5, 0.6) is 5.75 Å². The predicted octanol–water partition coefficient (Wildman–Crippen LogP) is 2.10. The molecule has 1 saturated heterocycles. The van der Waals surface area contributed by atoms with Crippen molar-refractivity contribution in [2.24, 2.45) is 0 Å². The van der Waals surface area contributed by atoms with Gasteiger partial charge in [-0.3, -0.25) is 4.79 Å². The van der Waals surface area contributed by atoms with Crippen molar-refractivity contribution >= 4 is 29.0 Å². The van der Waals surface area contributed by atoms with Crippen molar-refractivity contribution in [1.82, 2.24) is 19.9 Å². The Balaban J connectivity index is 1.45. The summed E-state index contributed by atoms with van der Waals surface area (Å²) < 4.78 is 1.73. The van der Waals surface area contributed by atoms with Gasteiger partial charge in [0.1, 0.15) is 11.6 Å². The lowest BCUT2D eigenvalue weighted by molar-refractivity contribution is 0.0940. The van der Waals surface area contributed by atoms with Crippen molar-refractivity contribution in [3.63, 3.8) is 0 Å². The van der Waals surface area contributed by atoms with Gasteiger partial charge in [-0.05, 0) is 30.7 Å². The van der Waals surface area contributed by atoms with E-state index < -0.39 is 0 Å². The number of rotatable bonds is 3. The number of phenols is 1. The van der Waals surface area contributed by atoms with Gasteiger partial charge in [-0.15, -0.1) is 5.10 Å². The van der Waals surface area contributed by atoms with Crippen molar-refractivity contribution in [2.75, 3.05) is 18.0 Å². The Bertz CT molecular complexity index is 942. The molecule has 1 aliphatic rings. The fourth-order valence-corrected chi connectivity index (χ4v) is 3.23. The monoisotopic (exact) mass is 357 g/mol. The Morgan fingerprint density at radius 2 is 2.20 bits per heavy atom. The SMILES string of the molecule is O=C(N[C@H]1CCN(c2ccc3nccn3n2)C1)c1cccc(O)c1Cl. The van der Waals surface area contributed by atoms with Crippen molar-refractivity contribution in [2.45, 2.75) is 12.5 Å². The van der Waals surface area contributed by atoms with Gasteiger partial charge in [0.05, 0.1) is 10.6 Å². The van der Waals surface area contributed by atoms with Crippen molar-refractivity contribution < 1.29 is 9.90 Å². The fourth-order valence-electron chi connectivity index (χ4n) is 3.02. The molecule has 4 rings (SSSR count). The van der Waals surface area contributed by atoms with Crippen LogP contribution in [0.4, 0.5) is 5.82 Å². The molecule has 0 radical (unpaired) electrons. The topological polar surface area (TPSA) is 82.8 Å². The highest BCUT2D eigenvalue weighted by Gasteiger charge is 2.26. The van der Waals surface area contributed by atoms with E-state index in [1.807, 2.05) is 12.1 Å². The maximum Gasteiger partial charge on any atom is 0.253 e.